The molecule has 0 saturated carbocycles. The summed E-state index contributed by atoms with van der Waals surface area (Å²) in [6.45, 7) is 7.57. The molecule has 1 N–H and O–H groups in total. The molecule has 1 aromatic rings. The van der Waals surface area contributed by atoms with Crippen molar-refractivity contribution in [1.29, 1.82) is 0 Å². The van der Waals surface area contributed by atoms with Gasteiger partial charge < -0.3 is 10.1 Å². The average molecular weight is 269 g/mol. The lowest BCUT2D eigenvalue weighted by atomic mass is 10.1. The number of anilines is 1. The van der Waals surface area contributed by atoms with E-state index in [2.05, 4.69) is 15.2 Å². The Morgan fingerprint density at radius 2 is 2.22 bits per heavy atom. The van der Waals surface area contributed by atoms with Gasteiger partial charge in [-0.1, -0.05) is 0 Å². The lowest BCUT2D eigenvalue weighted by Gasteiger charge is -2.38. The number of morpholine rings is 1. The van der Waals surface area contributed by atoms with Gasteiger partial charge in [0.15, 0.2) is 5.13 Å². The maximum Gasteiger partial charge on any atom is 0.243 e. The smallest absolute Gasteiger partial charge is 0.243 e. The fraction of sp³-hybridized carbons (Fsp3) is 0.667. The van der Waals surface area contributed by atoms with Crippen LogP contribution in [0.4, 0.5) is 5.13 Å². The fourth-order valence-electron chi connectivity index (χ4n) is 2.19. The van der Waals surface area contributed by atoms with E-state index in [1.54, 1.807) is 6.20 Å². The zero-order valence-electron chi connectivity index (χ0n) is 10.9. The predicted molar refractivity (Wildman–Crippen MR) is 71.8 cm³/mol. The van der Waals surface area contributed by atoms with E-state index in [1.807, 2.05) is 26.2 Å². The van der Waals surface area contributed by atoms with Crippen molar-refractivity contribution in [3.05, 3.63) is 11.6 Å². The molecule has 18 heavy (non-hydrogen) atoms. The van der Waals surface area contributed by atoms with Crippen molar-refractivity contribution in [2.24, 2.45) is 0 Å². The molecular formula is C12H19N3O2S. The molecule has 0 aromatic carbocycles. The summed E-state index contributed by atoms with van der Waals surface area (Å²) in [6.07, 6.45) is 2.02. The Bertz CT molecular complexity index is 386. The van der Waals surface area contributed by atoms with Crippen molar-refractivity contribution in [3.63, 3.8) is 0 Å². The molecule has 6 heteroatoms. The third kappa shape index (κ3) is 3.28. The number of carbonyl (C=O) groups is 1. The molecule has 1 aromatic heterocycles. The fourth-order valence-corrected chi connectivity index (χ4v) is 2.73. The van der Waals surface area contributed by atoms with E-state index in [9.17, 15) is 4.79 Å². The van der Waals surface area contributed by atoms with Gasteiger partial charge in [-0.2, -0.15) is 0 Å². The van der Waals surface area contributed by atoms with Crippen LogP contribution < -0.4 is 5.32 Å². The van der Waals surface area contributed by atoms with Gasteiger partial charge in [0, 0.05) is 24.7 Å². The molecule has 5 nitrogen and oxygen atoms in total. The van der Waals surface area contributed by atoms with Crippen LogP contribution >= 0.6 is 11.3 Å². The first-order valence-corrected chi connectivity index (χ1v) is 7.04. The van der Waals surface area contributed by atoms with Gasteiger partial charge in [0.2, 0.25) is 5.91 Å². The lowest BCUT2D eigenvalue weighted by molar-refractivity contribution is -0.126. The van der Waals surface area contributed by atoms with E-state index < -0.39 is 0 Å². The monoisotopic (exact) mass is 269 g/mol. The van der Waals surface area contributed by atoms with Crippen LogP contribution in [0.25, 0.3) is 0 Å². The van der Waals surface area contributed by atoms with Crippen LogP contribution in [0.1, 0.15) is 20.8 Å². The number of nitrogens with one attached hydrogen (secondary N) is 1. The summed E-state index contributed by atoms with van der Waals surface area (Å²) in [6, 6.07) is -0.164. The van der Waals surface area contributed by atoms with E-state index in [-0.39, 0.29) is 24.2 Å². The number of nitrogens with zero attached hydrogens (tertiary/aromatic N) is 2. The first-order chi connectivity index (χ1) is 8.56. The third-order valence-electron chi connectivity index (χ3n) is 3.04. The van der Waals surface area contributed by atoms with Crippen molar-refractivity contribution in [1.82, 2.24) is 9.88 Å². The first kappa shape index (κ1) is 13.5. The second kappa shape index (κ2) is 5.77. The standard InChI is InChI=1S/C12H19N3O2S/c1-8-6-15(7-9(2)17-8)10(3)11(16)14-12-13-4-5-18-12/h4-5,8-10H,6-7H2,1-3H3,(H,13,14,16). The van der Waals surface area contributed by atoms with Crippen LogP contribution in [-0.2, 0) is 9.53 Å². The van der Waals surface area contributed by atoms with Crippen molar-refractivity contribution in [2.45, 2.75) is 39.0 Å². The molecule has 3 unspecified atom stereocenters. The highest BCUT2D eigenvalue weighted by atomic mass is 32.1. The van der Waals surface area contributed by atoms with Crippen LogP contribution in [-0.4, -0.2) is 47.1 Å². The summed E-state index contributed by atoms with van der Waals surface area (Å²) in [5.74, 6) is -0.00810. The van der Waals surface area contributed by atoms with Crippen molar-refractivity contribution in [3.8, 4) is 0 Å². The molecule has 0 radical (unpaired) electrons. The molecule has 1 aliphatic rings. The molecule has 2 heterocycles. The van der Waals surface area contributed by atoms with Crippen LogP contribution in [0.5, 0.6) is 0 Å². The number of hydrogen-bond donors (Lipinski definition) is 1. The van der Waals surface area contributed by atoms with Crippen LogP contribution in [0.3, 0.4) is 0 Å². The number of amides is 1. The SMILES string of the molecule is CC1CN(C(C)C(=O)Nc2nccs2)CC(C)O1. The quantitative estimate of drug-likeness (QED) is 0.905. The Balaban J connectivity index is 1.93. The summed E-state index contributed by atoms with van der Waals surface area (Å²) < 4.78 is 5.67. The maximum atomic E-state index is 12.1. The largest absolute Gasteiger partial charge is 0.373 e. The van der Waals surface area contributed by atoms with Gasteiger partial charge in [-0.25, -0.2) is 4.98 Å². The van der Waals surface area contributed by atoms with E-state index in [0.29, 0.717) is 5.13 Å². The van der Waals surface area contributed by atoms with Crippen molar-refractivity contribution in [2.75, 3.05) is 18.4 Å². The molecule has 0 spiro atoms. The normalized spacial score (nSPS) is 26.8. The second-order valence-electron chi connectivity index (χ2n) is 4.71. The minimum Gasteiger partial charge on any atom is -0.373 e. The summed E-state index contributed by atoms with van der Waals surface area (Å²) in [7, 11) is 0. The van der Waals surface area contributed by atoms with Crippen LogP contribution in [0, 0.1) is 0 Å². The number of thiazole rings is 1. The van der Waals surface area contributed by atoms with E-state index in [4.69, 9.17) is 4.74 Å². The first-order valence-electron chi connectivity index (χ1n) is 6.16. The lowest BCUT2D eigenvalue weighted by Crippen LogP contribution is -2.52. The highest BCUT2D eigenvalue weighted by Crippen LogP contribution is 2.16. The Labute approximate surface area is 111 Å². The van der Waals surface area contributed by atoms with Crippen LogP contribution in [0.2, 0.25) is 0 Å². The predicted octanol–water partition coefficient (Wildman–Crippen LogP) is 1.58. The van der Waals surface area contributed by atoms with E-state index in [1.165, 1.54) is 11.3 Å². The number of aromatic nitrogens is 1. The molecule has 3 atom stereocenters. The number of carbonyl (C=O) groups excluding carboxylic acids is 1. The molecular weight excluding hydrogens is 250 g/mol. The van der Waals surface area contributed by atoms with Gasteiger partial charge in [0.25, 0.3) is 0 Å². The van der Waals surface area contributed by atoms with Gasteiger partial charge in [-0.15, -0.1) is 11.3 Å². The summed E-state index contributed by atoms with van der Waals surface area (Å²) >= 11 is 1.43. The van der Waals surface area contributed by atoms with Crippen molar-refractivity contribution < 1.29 is 9.53 Å². The molecule has 1 saturated heterocycles. The zero-order valence-corrected chi connectivity index (χ0v) is 11.7. The molecule has 0 bridgehead atoms. The maximum absolute atomic E-state index is 12.1. The summed E-state index contributed by atoms with van der Waals surface area (Å²) in [4.78, 5) is 18.3. The Morgan fingerprint density at radius 3 is 2.78 bits per heavy atom. The average Bonchev–Trinajstić information content (AvgIpc) is 2.79. The van der Waals surface area contributed by atoms with E-state index in [0.717, 1.165) is 13.1 Å². The molecule has 1 amide bonds. The number of hydrogen-bond acceptors (Lipinski definition) is 5. The number of ether oxygens (including phenoxy) is 1. The minimum absolute atomic E-state index is 0.00810. The van der Waals surface area contributed by atoms with Gasteiger partial charge >= 0.3 is 0 Å². The second-order valence-corrected chi connectivity index (χ2v) is 5.61. The molecule has 1 fully saturated rings. The van der Waals surface area contributed by atoms with Crippen LogP contribution in [0.15, 0.2) is 11.6 Å². The Morgan fingerprint density at radius 1 is 1.56 bits per heavy atom. The van der Waals surface area contributed by atoms with E-state index >= 15 is 0 Å². The van der Waals surface area contributed by atoms with Gasteiger partial charge in [0.1, 0.15) is 0 Å². The summed E-state index contributed by atoms with van der Waals surface area (Å²) in [5, 5.41) is 5.33. The minimum atomic E-state index is -0.164. The Kier molecular flexibility index (Phi) is 4.31. The third-order valence-corrected chi connectivity index (χ3v) is 3.73. The van der Waals surface area contributed by atoms with Gasteiger partial charge in [-0.3, -0.25) is 9.69 Å². The highest BCUT2D eigenvalue weighted by Gasteiger charge is 2.29. The van der Waals surface area contributed by atoms with Gasteiger partial charge in [-0.05, 0) is 20.8 Å². The van der Waals surface area contributed by atoms with Crippen molar-refractivity contribution >= 4 is 22.4 Å². The van der Waals surface area contributed by atoms with Gasteiger partial charge in [0.05, 0.1) is 18.2 Å². The molecule has 0 aliphatic carbocycles. The molecule has 100 valence electrons. The molecule has 2 rings (SSSR count). The topological polar surface area (TPSA) is 54.5 Å². The summed E-state index contributed by atoms with van der Waals surface area (Å²) in [5.41, 5.74) is 0. The highest BCUT2D eigenvalue weighted by molar-refractivity contribution is 7.13. The molecule has 1 aliphatic heterocycles. The Hall–Kier alpha value is -0.980. The number of rotatable bonds is 3. The zero-order chi connectivity index (χ0) is 13.1.